The largest absolute Gasteiger partial charge is 0.384 e. The Bertz CT molecular complexity index is 655. The Hall–Kier alpha value is -2.40. The lowest BCUT2D eigenvalue weighted by atomic mass is 9.96. The molecular formula is C18H29N7O. The van der Waals surface area contributed by atoms with E-state index in [1.165, 1.54) is 0 Å². The van der Waals surface area contributed by atoms with Crippen molar-refractivity contribution in [1.82, 2.24) is 25.1 Å². The first-order valence-corrected chi connectivity index (χ1v) is 9.02. The van der Waals surface area contributed by atoms with Crippen molar-refractivity contribution in [3.63, 3.8) is 0 Å². The van der Waals surface area contributed by atoms with E-state index in [0.717, 1.165) is 25.8 Å². The molecule has 0 spiro atoms. The summed E-state index contributed by atoms with van der Waals surface area (Å²) in [5, 5.41) is 11.9. The van der Waals surface area contributed by atoms with Crippen LogP contribution in [-0.4, -0.2) is 58.5 Å². The number of urea groups is 1. The summed E-state index contributed by atoms with van der Waals surface area (Å²) in [4.78, 5) is 25.0. The maximum atomic E-state index is 12.4. The fourth-order valence-electron chi connectivity index (χ4n) is 3.01. The normalized spacial score (nSPS) is 18.3. The zero-order valence-electron chi connectivity index (χ0n) is 15.9. The summed E-state index contributed by atoms with van der Waals surface area (Å²) in [5.74, 6) is 1.19. The second-order valence-corrected chi connectivity index (χ2v) is 7.54. The summed E-state index contributed by atoms with van der Waals surface area (Å²) in [6.45, 7) is 6.06. The topological polar surface area (TPSA) is 111 Å². The fraction of sp³-hybridized carbons (Fsp3) is 0.667. The van der Waals surface area contributed by atoms with Crippen LogP contribution in [0.4, 0.5) is 10.6 Å². The van der Waals surface area contributed by atoms with Crippen LogP contribution in [-0.2, 0) is 6.54 Å². The highest BCUT2D eigenvalue weighted by Gasteiger charge is 2.25. The highest BCUT2D eigenvalue weighted by atomic mass is 16.2. The minimum atomic E-state index is -0.554. The quantitative estimate of drug-likeness (QED) is 0.826. The monoisotopic (exact) mass is 359 g/mol. The SMILES string of the molecule is CN(Cc1nccc(N)n1)[C@@H]1CCCN(C(=O)NCC(C)(C)C#N)CC1. The van der Waals surface area contributed by atoms with Gasteiger partial charge in [-0.3, -0.25) is 4.90 Å². The molecule has 2 rings (SSSR count). The van der Waals surface area contributed by atoms with Crippen LogP contribution in [0.25, 0.3) is 0 Å². The third-order valence-corrected chi connectivity index (χ3v) is 4.71. The van der Waals surface area contributed by atoms with Crippen LogP contribution >= 0.6 is 0 Å². The number of aromatic nitrogens is 2. The molecule has 2 amide bonds. The van der Waals surface area contributed by atoms with Crippen molar-refractivity contribution in [2.24, 2.45) is 5.41 Å². The van der Waals surface area contributed by atoms with E-state index in [9.17, 15) is 4.79 Å². The van der Waals surface area contributed by atoms with Gasteiger partial charge in [-0.15, -0.1) is 0 Å². The molecule has 142 valence electrons. The van der Waals surface area contributed by atoms with Gasteiger partial charge in [0, 0.05) is 31.9 Å². The summed E-state index contributed by atoms with van der Waals surface area (Å²) in [6, 6.07) is 4.16. The molecule has 0 radical (unpaired) electrons. The molecule has 0 unspecified atom stereocenters. The third kappa shape index (κ3) is 5.85. The molecule has 0 bridgehead atoms. The van der Waals surface area contributed by atoms with E-state index in [4.69, 9.17) is 11.0 Å². The highest BCUT2D eigenvalue weighted by Crippen LogP contribution is 2.18. The predicted molar refractivity (Wildman–Crippen MR) is 99.9 cm³/mol. The summed E-state index contributed by atoms with van der Waals surface area (Å²) in [7, 11) is 2.06. The molecule has 1 fully saturated rings. The Morgan fingerprint density at radius 2 is 2.27 bits per heavy atom. The molecule has 1 atom stereocenters. The van der Waals surface area contributed by atoms with Gasteiger partial charge in [-0.2, -0.15) is 5.26 Å². The number of hydrogen-bond donors (Lipinski definition) is 2. The Labute approximate surface area is 155 Å². The molecule has 1 aromatic heterocycles. The van der Waals surface area contributed by atoms with Gasteiger partial charge in [-0.05, 0) is 46.2 Å². The van der Waals surface area contributed by atoms with Crippen LogP contribution < -0.4 is 11.1 Å². The Balaban J connectivity index is 1.85. The molecule has 1 aromatic rings. The maximum Gasteiger partial charge on any atom is 0.317 e. The van der Waals surface area contributed by atoms with Crippen LogP contribution in [0.3, 0.4) is 0 Å². The molecule has 8 nitrogen and oxygen atoms in total. The smallest absolute Gasteiger partial charge is 0.317 e. The lowest BCUT2D eigenvalue weighted by Crippen LogP contribution is -2.44. The number of carbonyl (C=O) groups excluding carboxylic acids is 1. The van der Waals surface area contributed by atoms with Gasteiger partial charge < -0.3 is 16.0 Å². The summed E-state index contributed by atoms with van der Waals surface area (Å²) < 4.78 is 0. The van der Waals surface area contributed by atoms with Gasteiger partial charge in [0.1, 0.15) is 11.6 Å². The van der Waals surface area contributed by atoms with Crippen molar-refractivity contribution in [3.8, 4) is 6.07 Å². The molecule has 3 N–H and O–H groups in total. The standard InChI is InChI=1S/C18H29N7O/c1-18(2,12-19)13-22-17(26)25-9-4-5-14(7-10-25)24(3)11-16-21-8-6-15(20)23-16/h6,8,14H,4-5,7,9-11,13H2,1-3H3,(H,22,26)(H2,20,21,23)/t14-/m1/s1. The molecule has 1 saturated heterocycles. The van der Waals surface area contributed by atoms with Gasteiger partial charge in [0.25, 0.3) is 0 Å². The van der Waals surface area contributed by atoms with E-state index in [0.29, 0.717) is 37.3 Å². The average Bonchev–Trinajstić information content (AvgIpc) is 2.86. The highest BCUT2D eigenvalue weighted by molar-refractivity contribution is 5.74. The second kappa shape index (κ2) is 8.81. The van der Waals surface area contributed by atoms with Gasteiger partial charge in [0.15, 0.2) is 0 Å². The molecular weight excluding hydrogens is 330 g/mol. The number of hydrogen-bond acceptors (Lipinski definition) is 6. The second-order valence-electron chi connectivity index (χ2n) is 7.54. The van der Waals surface area contributed by atoms with Crippen LogP contribution in [0.2, 0.25) is 0 Å². The van der Waals surface area contributed by atoms with Crippen molar-refractivity contribution in [3.05, 3.63) is 18.1 Å². The first-order chi connectivity index (χ1) is 12.3. The first-order valence-electron chi connectivity index (χ1n) is 9.02. The molecule has 1 aliphatic heterocycles. The Morgan fingerprint density at radius 3 is 2.96 bits per heavy atom. The number of carbonyl (C=O) groups is 1. The average molecular weight is 359 g/mol. The van der Waals surface area contributed by atoms with Crippen molar-refractivity contribution in [2.75, 3.05) is 32.4 Å². The number of nitrogens with one attached hydrogen (secondary N) is 1. The zero-order valence-corrected chi connectivity index (χ0v) is 15.9. The van der Waals surface area contributed by atoms with Crippen molar-refractivity contribution in [1.29, 1.82) is 5.26 Å². The van der Waals surface area contributed by atoms with Crippen LogP contribution in [0.1, 0.15) is 38.9 Å². The van der Waals surface area contributed by atoms with E-state index in [1.54, 1.807) is 12.3 Å². The fourth-order valence-corrected chi connectivity index (χ4v) is 3.01. The number of rotatable bonds is 5. The number of nitrogens with zero attached hydrogens (tertiary/aromatic N) is 5. The van der Waals surface area contributed by atoms with Gasteiger partial charge in [0.2, 0.25) is 0 Å². The molecule has 0 aliphatic carbocycles. The van der Waals surface area contributed by atoms with E-state index in [2.05, 4.69) is 33.3 Å². The molecule has 1 aliphatic rings. The van der Waals surface area contributed by atoms with E-state index >= 15 is 0 Å². The van der Waals surface area contributed by atoms with Crippen LogP contribution in [0.15, 0.2) is 12.3 Å². The predicted octanol–water partition coefficient (Wildman–Crippen LogP) is 1.60. The number of amides is 2. The minimum Gasteiger partial charge on any atom is -0.384 e. The van der Waals surface area contributed by atoms with Crippen molar-refractivity contribution in [2.45, 2.75) is 45.7 Å². The Kier molecular flexibility index (Phi) is 6.75. The zero-order chi connectivity index (χ0) is 19.2. The molecule has 0 saturated carbocycles. The molecule has 26 heavy (non-hydrogen) atoms. The van der Waals surface area contributed by atoms with E-state index in [-0.39, 0.29) is 6.03 Å². The van der Waals surface area contributed by atoms with Crippen molar-refractivity contribution < 1.29 is 4.79 Å². The number of anilines is 1. The molecule has 8 heteroatoms. The van der Waals surface area contributed by atoms with Gasteiger partial charge in [-0.1, -0.05) is 0 Å². The summed E-state index contributed by atoms with van der Waals surface area (Å²) >= 11 is 0. The number of nitriles is 1. The maximum absolute atomic E-state index is 12.4. The minimum absolute atomic E-state index is 0.0872. The van der Waals surface area contributed by atoms with Crippen molar-refractivity contribution >= 4 is 11.8 Å². The van der Waals surface area contributed by atoms with Crippen LogP contribution in [0.5, 0.6) is 0 Å². The lowest BCUT2D eigenvalue weighted by Gasteiger charge is -2.27. The van der Waals surface area contributed by atoms with Gasteiger partial charge in [0.05, 0.1) is 18.0 Å². The summed E-state index contributed by atoms with van der Waals surface area (Å²) in [6.07, 6.45) is 4.54. The molecule has 2 heterocycles. The van der Waals surface area contributed by atoms with Gasteiger partial charge >= 0.3 is 6.03 Å². The number of likely N-dealkylation sites (tertiary alicyclic amines) is 1. The van der Waals surface area contributed by atoms with E-state index in [1.807, 2.05) is 18.7 Å². The number of nitrogens with two attached hydrogens (primary N) is 1. The first kappa shape index (κ1) is 19.9. The third-order valence-electron chi connectivity index (χ3n) is 4.71. The summed E-state index contributed by atoms with van der Waals surface area (Å²) in [5.41, 5.74) is 5.16. The molecule has 0 aromatic carbocycles. The van der Waals surface area contributed by atoms with Crippen LogP contribution in [0, 0.1) is 16.7 Å². The Morgan fingerprint density at radius 1 is 1.50 bits per heavy atom. The van der Waals surface area contributed by atoms with E-state index < -0.39 is 5.41 Å². The lowest BCUT2D eigenvalue weighted by molar-refractivity contribution is 0.188. The number of nitrogen functional groups attached to an aromatic ring is 1. The van der Waals surface area contributed by atoms with Gasteiger partial charge in [-0.25, -0.2) is 14.8 Å².